The number of hydrogen-bond donors (Lipinski definition) is 1. The van der Waals surface area contributed by atoms with E-state index in [1.165, 1.54) is 11.3 Å². The molecule has 0 saturated heterocycles. The van der Waals surface area contributed by atoms with Crippen LogP contribution >= 0.6 is 0 Å². The molecule has 0 atom stereocenters. The third-order valence-electron chi connectivity index (χ3n) is 3.08. The van der Waals surface area contributed by atoms with Gasteiger partial charge in [0.05, 0.1) is 5.69 Å². The van der Waals surface area contributed by atoms with Gasteiger partial charge in [-0.2, -0.15) is 5.10 Å². The van der Waals surface area contributed by atoms with Crippen molar-refractivity contribution in [2.24, 2.45) is 7.05 Å². The maximum Gasteiger partial charge on any atom is 0.161 e. The maximum atomic E-state index is 4.53. The van der Waals surface area contributed by atoms with E-state index in [9.17, 15) is 0 Å². The number of aryl methyl sites for hydroxylation is 2. The van der Waals surface area contributed by atoms with E-state index in [0.29, 0.717) is 0 Å². The monoisotopic (exact) mass is 204 g/mol. The SMILES string of the molecule is Cc1nc(-c2n[nH]c(C)c2C)n(C)c1C. The first-order valence-electron chi connectivity index (χ1n) is 5.04. The van der Waals surface area contributed by atoms with Gasteiger partial charge in [-0.3, -0.25) is 5.10 Å². The lowest BCUT2D eigenvalue weighted by molar-refractivity contribution is 0.873. The summed E-state index contributed by atoms with van der Waals surface area (Å²) < 4.78 is 2.08. The van der Waals surface area contributed by atoms with E-state index in [0.717, 1.165) is 22.9 Å². The predicted molar refractivity (Wildman–Crippen MR) is 59.7 cm³/mol. The lowest BCUT2D eigenvalue weighted by Gasteiger charge is -2.00. The van der Waals surface area contributed by atoms with Gasteiger partial charge in [-0.25, -0.2) is 4.98 Å². The van der Waals surface area contributed by atoms with E-state index < -0.39 is 0 Å². The second-order valence-electron chi connectivity index (χ2n) is 3.99. The third-order valence-corrected chi connectivity index (χ3v) is 3.08. The standard InChI is InChI=1S/C11H16N4/c1-6-7(2)13-14-10(6)11-12-8(3)9(4)15(11)5/h1-5H3,(H,13,14). The number of aromatic amines is 1. The molecule has 80 valence electrons. The second-order valence-corrected chi connectivity index (χ2v) is 3.99. The van der Waals surface area contributed by atoms with E-state index >= 15 is 0 Å². The van der Waals surface area contributed by atoms with Crippen LogP contribution in [-0.4, -0.2) is 19.7 Å². The summed E-state index contributed by atoms with van der Waals surface area (Å²) in [5, 5.41) is 7.28. The average Bonchev–Trinajstić information content (AvgIpc) is 2.64. The van der Waals surface area contributed by atoms with Crippen LogP contribution in [0.15, 0.2) is 0 Å². The van der Waals surface area contributed by atoms with Crippen LogP contribution in [0.4, 0.5) is 0 Å². The molecule has 0 aliphatic rings. The predicted octanol–water partition coefficient (Wildman–Crippen LogP) is 2.04. The zero-order chi connectivity index (χ0) is 11.2. The van der Waals surface area contributed by atoms with Gasteiger partial charge >= 0.3 is 0 Å². The summed E-state index contributed by atoms with van der Waals surface area (Å²) in [5.74, 6) is 0.937. The molecule has 2 aromatic rings. The van der Waals surface area contributed by atoms with Gasteiger partial charge in [-0.15, -0.1) is 0 Å². The minimum atomic E-state index is 0.937. The molecule has 2 heterocycles. The highest BCUT2D eigenvalue weighted by Crippen LogP contribution is 2.23. The zero-order valence-electron chi connectivity index (χ0n) is 9.84. The van der Waals surface area contributed by atoms with Crippen molar-refractivity contribution in [2.45, 2.75) is 27.7 Å². The summed E-state index contributed by atoms with van der Waals surface area (Å²) in [6.07, 6.45) is 0. The van der Waals surface area contributed by atoms with Gasteiger partial charge in [-0.1, -0.05) is 0 Å². The molecule has 0 saturated carbocycles. The third kappa shape index (κ3) is 1.37. The Bertz CT molecular complexity index is 505. The first kappa shape index (κ1) is 9.96. The Morgan fingerprint density at radius 1 is 1.13 bits per heavy atom. The Kier molecular flexibility index (Phi) is 2.14. The molecule has 2 rings (SSSR count). The minimum Gasteiger partial charge on any atom is -0.330 e. The molecular weight excluding hydrogens is 188 g/mol. The van der Waals surface area contributed by atoms with Crippen molar-refractivity contribution in [2.75, 3.05) is 0 Å². The number of imidazole rings is 1. The van der Waals surface area contributed by atoms with Gasteiger partial charge in [-0.05, 0) is 27.7 Å². The Morgan fingerprint density at radius 2 is 1.80 bits per heavy atom. The van der Waals surface area contributed by atoms with Crippen LogP contribution in [0, 0.1) is 27.7 Å². The fourth-order valence-corrected chi connectivity index (χ4v) is 1.63. The van der Waals surface area contributed by atoms with Crippen LogP contribution in [-0.2, 0) is 7.05 Å². The van der Waals surface area contributed by atoms with Crippen LogP contribution in [0.5, 0.6) is 0 Å². The molecule has 15 heavy (non-hydrogen) atoms. The van der Waals surface area contributed by atoms with Gasteiger partial charge in [0.25, 0.3) is 0 Å². The number of nitrogens with one attached hydrogen (secondary N) is 1. The molecule has 4 nitrogen and oxygen atoms in total. The van der Waals surface area contributed by atoms with Gasteiger partial charge in [0.2, 0.25) is 0 Å². The first-order valence-corrected chi connectivity index (χ1v) is 5.04. The van der Waals surface area contributed by atoms with Crippen LogP contribution in [0.25, 0.3) is 11.5 Å². The van der Waals surface area contributed by atoms with Gasteiger partial charge < -0.3 is 4.57 Å². The lowest BCUT2D eigenvalue weighted by atomic mass is 10.2. The Morgan fingerprint density at radius 3 is 2.20 bits per heavy atom. The van der Waals surface area contributed by atoms with Crippen LogP contribution in [0.1, 0.15) is 22.6 Å². The second kappa shape index (κ2) is 3.22. The molecule has 0 aliphatic carbocycles. The molecule has 0 unspecified atom stereocenters. The van der Waals surface area contributed by atoms with Gasteiger partial charge in [0, 0.05) is 24.0 Å². The fraction of sp³-hybridized carbons (Fsp3) is 0.455. The Labute approximate surface area is 89.3 Å². The summed E-state index contributed by atoms with van der Waals surface area (Å²) in [5.41, 5.74) is 5.47. The minimum absolute atomic E-state index is 0.937. The molecule has 1 N–H and O–H groups in total. The van der Waals surface area contributed by atoms with Crippen LogP contribution in [0.3, 0.4) is 0 Å². The summed E-state index contributed by atoms with van der Waals surface area (Å²) in [6.45, 7) is 8.18. The van der Waals surface area contributed by atoms with Crippen molar-refractivity contribution in [1.29, 1.82) is 0 Å². The Hall–Kier alpha value is -1.58. The van der Waals surface area contributed by atoms with Crippen molar-refractivity contribution in [3.8, 4) is 11.5 Å². The first-order chi connectivity index (χ1) is 7.02. The van der Waals surface area contributed by atoms with Crippen molar-refractivity contribution >= 4 is 0 Å². The molecule has 0 amide bonds. The molecule has 4 heteroatoms. The van der Waals surface area contributed by atoms with Crippen LogP contribution in [0.2, 0.25) is 0 Å². The quantitative estimate of drug-likeness (QED) is 0.772. The van der Waals surface area contributed by atoms with Crippen molar-refractivity contribution in [3.63, 3.8) is 0 Å². The van der Waals surface area contributed by atoms with Crippen LogP contribution < -0.4 is 0 Å². The van der Waals surface area contributed by atoms with E-state index in [4.69, 9.17) is 0 Å². The van der Waals surface area contributed by atoms with Crippen molar-refractivity contribution in [3.05, 3.63) is 22.6 Å². The summed E-state index contributed by atoms with van der Waals surface area (Å²) in [6, 6.07) is 0. The lowest BCUT2D eigenvalue weighted by Crippen LogP contribution is -1.96. The number of aromatic nitrogens is 4. The van der Waals surface area contributed by atoms with E-state index in [2.05, 4.69) is 33.6 Å². The highest BCUT2D eigenvalue weighted by molar-refractivity contribution is 5.57. The Balaban J connectivity index is 2.64. The maximum absolute atomic E-state index is 4.53. The molecule has 0 radical (unpaired) electrons. The van der Waals surface area contributed by atoms with E-state index in [-0.39, 0.29) is 0 Å². The van der Waals surface area contributed by atoms with E-state index in [1.54, 1.807) is 0 Å². The highest BCUT2D eigenvalue weighted by atomic mass is 15.2. The number of H-pyrrole nitrogens is 1. The molecule has 2 aromatic heterocycles. The van der Waals surface area contributed by atoms with Crippen molar-refractivity contribution < 1.29 is 0 Å². The molecule has 0 spiro atoms. The average molecular weight is 204 g/mol. The molecule has 0 bridgehead atoms. The molecular formula is C11H16N4. The topological polar surface area (TPSA) is 46.5 Å². The molecule has 0 aliphatic heterocycles. The molecule has 0 aromatic carbocycles. The van der Waals surface area contributed by atoms with Crippen molar-refractivity contribution in [1.82, 2.24) is 19.7 Å². The van der Waals surface area contributed by atoms with Gasteiger partial charge in [0.15, 0.2) is 5.82 Å². The van der Waals surface area contributed by atoms with Gasteiger partial charge in [0.1, 0.15) is 5.69 Å². The molecule has 0 fully saturated rings. The van der Waals surface area contributed by atoms with E-state index in [1.807, 2.05) is 20.9 Å². The summed E-state index contributed by atoms with van der Waals surface area (Å²) in [4.78, 5) is 4.53. The fourth-order valence-electron chi connectivity index (χ4n) is 1.63. The smallest absolute Gasteiger partial charge is 0.161 e. The summed E-state index contributed by atoms with van der Waals surface area (Å²) in [7, 11) is 2.02. The zero-order valence-corrected chi connectivity index (χ0v) is 9.84. The number of hydrogen-bond acceptors (Lipinski definition) is 2. The number of nitrogens with zero attached hydrogens (tertiary/aromatic N) is 3. The largest absolute Gasteiger partial charge is 0.330 e. The number of rotatable bonds is 1. The normalized spacial score (nSPS) is 11.0. The highest BCUT2D eigenvalue weighted by Gasteiger charge is 2.15. The summed E-state index contributed by atoms with van der Waals surface area (Å²) >= 11 is 0.